The molecule has 0 spiro atoms. The summed E-state index contributed by atoms with van der Waals surface area (Å²) in [6.07, 6.45) is 1.76. The van der Waals surface area contributed by atoms with E-state index >= 15 is 0 Å². The van der Waals surface area contributed by atoms with Crippen LogP contribution in [0.2, 0.25) is 0 Å². The standard InChI is InChI=1S/C48H34B2F4N2O4/c51-49(52)59-47(35-25-29-41(30-26-35)55(37-15-5-1-6-16-37)38-17-7-2-8-18-38)33-45(57)43-23-13-14-24-44(43)46(58)34-48(60-50(53)54)36-27-31-42(32-28-36)56(39-19-9-3-10-20-39)40-21-11-4-12-22-40/h1-34H/b47-33-,48-34-. The van der Waals surface area contributed by atoms with Crippen LogP contribution in [0.5, 0.6) is 0 Å². The van der Waals surface area contributed by atoms with Crippen LogP contribution in [0.25, 0.3) is 11.5 Å². The first kappa shape index (κ1) is 40.6. The van der Waals surface area contributed by atoms with E-state index in [4.69, 9.17) is 9.31 Å². The van der Waals surface area contributed by atoms with Crippen LogP contribution in [0.4, 0.5) is 51.4 Å². The number of carbonyl (C=O) groups is 2. The molecule has 294 valence electrons. The van der Waals surface area contributed by atoms with E-state index in [1.807, 2.05) is 131 Å². The lowest BCUT2D eigenvalue weighted by atomic mass is 9.97. The average Bonchev–Trinajstić information content (AvgIpc) is 3.28. The zero-order valence-electron chi connectivity index (χ0n) is 31.8. The van der Waals surface area contributed by atoms with Crippen LogP contribution in [0.15, 0.2) is 206 Å². The molecule has 0 saturated heterocycles. The maximum Gasteiger partial charge on any atom is 0.796 e. The molecule has 0 fully saturated rings. The van der Waals surface area contributed by atoms with Gasteiger partial charge in [0.25, 0.3) is 0 Å². The summed E-state index contributed by atoms with van der Waals surface area (Å²) in [5.74, 6) is -2.53. The van der Waals surface area contributed by atoms with Gasteiger partial charge >= 0.3 is 14.9 Å². The van der Waals surface area contributed by atoms with Crippen LogP contribution in [-0.2, 0) is 9.31 Å². The van der Waals surface area contributed by atoms with Crippen molar-refractivity contribution in [1.82, 2.24) is 0 Å². The van der Waals surface area contributed by atoms with Gasteiger partial charge in [-0.3, -0.25) is 9.59 Å². The van der Waals surface area contributed by atoms with Crippen molar-refractivity contribution in [1.29, 1.82) is 0 Å². The third-order valence-corrected chi connectivity index (χ3v) is 9.29. The number of para-hydroxylation sites is 4. The lowest BCUT2D eigenvalue weighted by Gasteiger charge is -2.25. The second kappa shape index (κ2) is 19.2. The van der Waals surface area contributed by atoms with Crippen LogP contribution in [0.1, 0.15) is 31.8 Å². The molecule has 7 rings (SSSR count). The second-order valence-electron chi connectivity index (χ2n) is 13.2. The fourth-order valence-corrected chi connectivity index (χ4v) is 6.62. The number of allylic oxidation sites excluding steroid dienone is 2. The van der Waals surface area contributed by atoms with Crippen molar-refractivity contribution in [2.24, 2.45) is 0 Å². The number of ketones is 2. The summed E-state index contributed by atoms with van der Waals surface area (Å²) in [4.78, 5) is 31.6. The zero-order valence-corrected chi connectivity index (χ0v) is 31.8. The van der Waals surface area contributed by atoms with E-state index in [0.29, 0.717) is 11.4 Å². The van der Waals surface area contributed by atoms with Crippen LogP contribution in [0.3, 0.4) is 0 Å². The van der Waals surface area contributed by atoms with Crippen LogP contribution in [0, 0.1) is 0 Å². The van der Waals surface area contributed by atoms with E-state index < -0.39 is 38.0 Å². The molecule has 12 heteroatoms. The summed E-state index contributed by atoms with van der Waals surface area (Å²) in [5.41, 5.74) is 4.87. The molecule has 0 aliphatic carbocycles. The molecule has 6 nitrogen and oxygen atoms in total. The lowest BCUT2D eigenvalue weighted by Crippen LogP contribution is -2.12. The molecule has 60 heavy (non-hydrogen) atoms. The van der Waals surface area contributed by atoms with Gasteiger partial charge in [-0.15, -0.1) is 0 Å². The zero-order chi connectivity index (χ0) is 41.8. The third kappa shape index (κ3) is 9.92. The average molecular weight is 800 g/mol. The van der Waals surface area contributed by atoms with Crippen LogP contribution in [-0.4, -0.2) is 26.5 Å². The van der Waals surface area contributed by atoms with Gasteiger partial charge in [0.2, 0.25) is 0 Å². The second-order valence-corrected chi connectivity index (χ2v) is 13.2. The number of hydrogen-bond donors (Lipinski definition) is 0. The summed E-state index contributed by atoms with van der Waals surface area (Å²) in [6, 6.07) is 57.0. The highest BCUT2D eigenvalue weighted by Crippen LogP contribution is 2.37. The third-order valence-electron chi connectivity index (χ3n) is 9.29. The largest absolute Gasteiger partial charge is 0.796 e. The Morgan fingerprint density at radius 3 is 0.883 bits per heavy atom. The number of hydrogen-bond acceptors (Lipinski definition) is 6. The Kier molecular flexibility index (Phi) is 13.0. The molecule has 7 aromatic carbocycles. The Hall–Kier alpha value is -7.59. The quantitative estimate of drug-likeness (QED) is 0.0319. The maximum atomic E-state index is 13.8. The first-order valence-corrected chi connectivity index (χ1v) is 18.8. The SMILES string of the molecule is O=C(/C=C(\OB(F)F)c1ccc(N(c2ccccc2)c2ccccc2)cc1)c1ccccc1C(=O)/C=C(\OB(F)F)c1ccc(N(c2ccccc2)c2ccccc2)cc1. The molecule has 0 amide bonds. The van der Waals surface area contributed by atoms with Crippen molar-refractivity contribution in [2.45, 2.75) is 0 Å². The van der Waals surface area contributed by atoms with E-state index in [1.54, 1.807) is 48.5 Å². The van der Waals surface area contributed by atoms with Gasteiger partial charge in [0.05, 0.1) is 0 Å². The minimum atomic E-state index is -3.28. The molecular weight excluding hydrogens is 766 g/mol. The predicted molar refractivity (Wildman–Crippen MR) is 231 cm³/mol. The fraction of sp³-hybridized carbons (Fsp3) is 0. The van der Waals surface area contributed by atoms with Gasteiger partial charge in [0, 0.05) is 68.5 Å². The van der Waals surface area contributed by atoms with E-state index in [2.05, 4.69) is 0 Å². The van der Waals surface area contributed by atoms with Crippen molar-refractivity contribution in [3.63, 3.8) is 0 Å². The highest BCUT2D eigenvalue weighted by molar-refractivity contribution is 6.36. The molecule has 0 aromatic heterocycles. The number of benzene rings is 7. The Balaban J connectivity index is 1.18. The molecule has 0 radical (unpaired) electrons. The van der Waals surface area contributed by atoms with Crippen molar-refractivity contribution >= 4 is 72.1 Å². The molecular formula is C48H34B2F4N2O4. The van der Waals surface area contributed by atoms with Crippen molar-refractivity contribution in [3.8, 4) is 0 Å². The van der Waals surface area contributed by atoms with Crippen molar-refractivity contribution < 1.29 is 36.2 Å². The minimum Gasteiger partial charge on any atom is -0.505 e. The summed E-state index contributed by atoms with van der Waals surface area (Å²) in [7, 11) is -6.55. The Labute approximate surface area is 345 Å². The summed E-state index contributed by atoms with van der Waals surface area (Å²) >= 11 is 0. The van der Waals surface area contributed by atoms with Gasteiger partial charge in [-0.25, -0.2) is 17.3 Å². The molecule has 7 aromatic rings. The summed E-state index contributed by atoms with van der Waals surface area (Å²) in [6.45, 7) is 0. The van der Waals surface area contributed by atoms with Gasteiger partial charge < -0.3 is 19.1 Å². The number of anilines is 6. The normalized spacial score (nSPS) is 11.3. The smallest absolute Gasteiger partial charge is 0.505 e. The van der Waals surface area contributed by atoms with E-state index in [1.165, 1.54) is 24.3 Å². The van der Waals surface area contributed by atoms with Crippen molar-refractivity contribution in [3.05, 3.63) is 229 Å². The number of rotatable bonds is 16. The Morgan fingerprint density at radius 2 is 0.617 bits per heavy atom. The molecule has 0 atom stereocenters. The van der Waals surface area contributed by atoms with Crippen molar-refractivity contribution in [2.75, 3.05) is 9.80 Å². The number of nitrogens with zero attached hydrogens (tertiary/aromatic N) is 2. The van der Waals surface area contributed by atoms with Gasteiger partial charge in [0.1, 0.15) is 11.5 Å². The van der Waals surface area contributed by atoms with E-state index in [9.17, 15) is 26.9 Å². The summed E-state index contributed by atoms with van der Waals surface area (Å²) in [5, 5.41) is 0. The monoisotopic (exact) mass is 800 g/mol. The molecule has 0 bridgehead atoms. The Morgan fingerprint density at radius 1 is 0.367 bits per heavy atom. The minimum absolute atomic E-state index is 0.168. The van der Waals surface area contributed by atoms with Crippen LogP contribution >= 0.6 is 0 Å². The number of halogens is 4. The van der Waals surface area contributed by atoms with E-state index in [0.717, 1.165) is 34.9 Å². The molecule has 0 N–H and O–H groups in total. The maximum absolute atomic E-state index is 13.8. The molecule has 0 unspecified atom stereocenters. The molecule has 0 heterocycles. The highest BCUT2D eigenvalue weighted by Gasteiger charge is 2.25. The molecule has 0 aliphatic rings. The topological polar surface area (TPSA) is 59.1 Å². The van der Waals surface area contributed by atoms with Gasteiger partial charge in [-0.1, -0.05) is 97.1 Å². The van der Waals surface area contributed by atoms with Crippen LogP contribution < -0.4 is 9.80 Å². The highest BCUT2D eigenvalue weighted by atomic mass is 19.2. The predicted octanol–water partition coefficient (Wildman–Crippen LogP) is 13.0. The first-order valence-electron chi connectivity index (χ1n) is 18.8. The Bertz CT molecular complexity index is 2320. The lowest BCUT2D eigenvalue weighted by molar-refractivity contribution is 0.101. The van der Waals surface area contributed by atoms with Gasteiger partial charge in [0.15, 0.2) is 11.6 Å². The first-order chi connectivity index (χ1) is 29.2. The van der Waals surface area contributed by atoms with Gasteiger partial charge in [-0.05, 0) is 97.1 Å². The molecule has 0 saturated carbocycles. The fourth-order valence-electron chi connectivity index (χ4n) is 6.62. The van der Waals surface area contributed by atoms with E-state index in [-0.39, 0.29) is 22.3 Å². The van der Waals surface area contributed by atoms with Gasteiger partial charge in [-0.2, -0.15) is 0 Å². The molecule has 0 aliphatic heterocycles. The number of carbonyl (C=O) groups excluding carboxylic acids is 2. The summed E-state index contributed by atoms with van der Waals surface area (Å²) < 4.78 is 64.9.